The van der Waals surface area contributed by atoms with E-state index < -0.39 is 0 Å². The fourth-order valence-corrected chi connectivity index (χ4v) is 2.60. The van der Waals surface area contributed by atoms with E-state index in [1.54, 1.807) is 31.4 Å². The lowest BCUT2D eigenvalue weighted by Gasteiger charge is -2.14. The van der Waals surface area contributed by atoms with Crippen molar-refractivity contribution in [1.29, 1.82) is 0 Å². The molecule has 0 aromatic heterocycles. The number of anilines is 2. The van der Waals surface area contributed by atoms with Gasteiger partial charge in [-0.25, -0.2) is 0 Å². The van der Waals surface area contributed by atoms with E-state index >= 15 is 0 Å². The van der Waals surface area contributed by atoms with E-state index in [-0.39, 0.29) is 18.4 Å². The van der Waals surface area contributed by atoms with Gasteiger partial charge in [-0.05, 0) is 48.7 Å². The highest BCUT2D eigenvalue weighted by Crippen LogP contribution is 2.24. The zero-order valence-electron chi connectivity index (χ0n) is 17.9. The molecule has 0 spiro atoms. The lowest BCUT2D eigenvalue weighted by atomic mass is 10.2. The second-order valence-electron chi connectivity index (χ2n) is 7.28. The first-order chi connectivity index (χ1) is 14.5. The third-order valence-electron chi connectivity index (χ3n) is 4.14. The van der Waals surface area contributed by atoms with Crippen LogP contribution >= 0.6 is 0 Å². The first-order valence-corrected chi connectivity index (χ1v) is 10.1. The number of ether oxygens (including phenoxy) is 2. The molecule has 2 aromatic rings. The molecule has 0 unspecified atom stereocenters. The Kier molecular flexibility index (Phi) is 9.67. The summed E-state index contributed by atoms with van der Waals surface area (Å²) >= 11 is 0. The maximum absolute atomic E-state index is 12.3. The average Bonchev–Trinajstić information content (AvgIpc) is 2.74. The fraction of sp³-hybridized carbons (Fsp3) is 0.391. The maximum atomic E-state index is 12.3. The topological polar surface area (TPSA) is 88.7 Å². The van der Waals surface area contributed by atoms with Crippen molar-refractivity contribution in [2.45, 2.75) is 20.3 Å². The van der Waals surface area contributed by atoms with Crippen molar-refractivity contribution >= 4 is 23.2 Å². The lowest BCUT2D eigenvalue weighted by molar-refractivity contribution is -0.114. The Labute approximate surface area is 178 Å². The molecule has 0 aliphatic rings. The first-order valence-electron chi connectivity index (χ1n) is 10.1. The molecular formula is C23H31N3O4. The summed E-state index contributed by atoms with van der Waals surface area (Å²) in [5.41, 5.74) is 1.94. The second kappa shape index (κ2) is 12.5. The fourth-order valence-electron chi connectivity index (χ4n) is 2.60. The molecule has 2 aromatic carbocycles. The summed E-state index contributed by atoms with van der Waals surface area (Å²) in [6.07, 6.45) is 0.759. The van der Waals surface area contributed by atoms with Crippen LogP contribution in [0.2, 0.25) is 0 Å². The number of methoxy groups -OCH3 is 1. The zero-order chi connectivity index (χ0) is 21.8. The molecule has 30 heavy (non-hydrogen) atoms. The monoisotopic (exact) mass is 413 g/mol. The van der Waals surface area contributed by atoms with Crippen molar-refractivity contribution in [3.63, 3.8) is 0 Å². The molecule has 0 radical (unpaired) electrons. The summed E-state index contributed by atoms with van der Waals surface area (Å²) in [7, 11) is 1.63. The molecule has 0 heterocycles. The van der Waals surface area contributed by atoms with Crippen LogP contribution in [0.15, 0.2) is 48.5 Å². The van der Waals surface area contributed by atoms with Crippen molar-refractivity contribution < 1.29 is 19.1 Å². The van der Waals surface area contributed by atoms with Gasteiger partial charge < -0.3 is 25.4 Å². The Morgan fingerprint density at radius 2 is 1.77 bits per heavy atom. The van der Waals surface area contributed by atoms with Gasteiger partial charge in [-0.15, -0.1) is 0 Å². The number of amides is 2. The number of benzene rings is 2. The van der Waals surface area contributed by atoms with Crippen molar-refractivity contribution in [2.24, 2.45) is 5.92 Å². The molecule has 162 valence electrons. The van der Waals surface area contributed by atoms with Gasteiger partial charge in [-0.2, -0.15) is 0 Å². The average molecular weight is 414 g/mol. The molecule has 0 atom stereocenters. The second-order valence-corrected chi connectivity index (χ2v) is 7.28. The minimum atomic E-state index is -0.189. The Morgan fingerprint density at radius 1 is 1.03 bits per heavy atom. The number of carbonyl (C=O) groups is 2. The predicted octanol–water partition coefficient (Wildman–Crippen LogP) is 3.54. The van der Waals surface area contributed by atoms with Crippen LogP contribution < -0.4 is 20.7 Å². The standard InChI is InChI=1S/C23H31N3O4/c1-17(2)16-30-21-8-5-4-7-20(21)25-15-22(27)26-19-11-9-18(10-12-19)23(28)24-13-6-14-29-3/h4-5,7-12,17,25H,6,13-16H2,1-3H3,(H,24,28)(H,26,27). The summed E-state index contributed by atoms with van der Waals surface area (Å²) in [5, 5.41) is 8.75. The van der Waals surface area contributed by atoms with Gasteiger partial charge >= 0.3 is 0 Å². The molecule has 0 saturated heterocycles. The molecule has 2 amide bonds. The van der Waals surface area contributed by atoms with E-state index in [1.165, 1.54) is 0 Å². The third-order valence-corrected chi connectivity index (χ3v) is 4.14. The molecular weight excluding hydrogens is 382 g/mol. The van der Waals surface area contributed by atoms with E-state index in [0.717, 1.165) is 17.9 Å². The molecule has 0 fully saturated rings. The number of para-hydroxylation sites is 2. The van der Waals surface area contributed by atoms with Gasteiger partial charge in [0.05, 0.1) is 18.8 Å². The number of hydrogen-bond donors (Lipinski definition) is 3. The van der Waals surface area contributed by atoms with Crippen molar-refractivity contribution in [2.75, 3.05) is 44.0 Å². The third kappa shape index (κ3) is 8.13. The number of carbonyl (C=O) groups excluding carboxylic acids is 2. The van der Waals surface area contributed by atoms with E-state index in [2.05, 4.69) is 29.8 Å². The Balaban J connectivity index is 1.82. The van der Waals surface area contributed by atoms with E-state index in [4.69, 9.17) is 9.47 Å². The molecule has 0 aliphatic heterocycles. The quantitative estimate of drug-likeness (QED) is 0.463. The molecule has 2 rings (SSSR count). The normalized spacial score (nSPS) is 10.5. The zero-order valence-corrected chi connectivity index (χ0v) is 17.9. The van der Waals surface area contributed by atoms with Gasteiger partial charge in [0.2, 0.25) is 5.91 Å². The van der Waals surface area contributed by atoms with Gasteiger partial charge in [0.15, 0.2) is 0 Å². The van der Waals surface area contributed by atoms with Gasteiger partial charge in [-0.3, -0.25) is 9.59 Å². The van der Waals surface area contributed by atoms with Crippen LogP contribution in [0.25, 0.3) is 0 Å². The highest BCUT2D eigenvalue weighted by molar-refractivity contribution is 5.96. The van der Waals surface area contributed by atoms with E-state index in [0.29, 0.717) is 36.9 Å². The van der Waals surface area contributed by atoms with Gasteiger partial charge in [0.25, 0.3) is 5.91 Å². The first kappa shape index (κ1) is 23.2. The SMILES string of the molecule is COCCCNC(=O)c1ccc(NC(=O)CNc2ccccc2OCC(C)C)cc1. The minimum absolute atomic E-state index is 0.101. The van der Waals surface area contributed by atoms with Gasteiger partial charge in [-0.1, -0.05) is 26.0 Å². The number of rotatable bonds is 12. The summed E-state index contributed by atoms with van der Waals surface area (Å²) in [6.45, 7) is 6.04. The maximum Gasteiger partial charge on any atom is 0.251 e. The Morgan fingerprint density at radius 3 is 2.47 bits per heavy atom. The van der Waals surface area contributed by atoms with Crippen LogP contribution in [-0.4, -0.2) is 45.2 Å². The highest BCUT2D eigenvalue weighted by atomic mass is 16.5. The van der Waals surface area contributed by atoms with Crippen molar-refractivity contribution in [3.8, 4) is 5.75 Å². The Bertz CT molecular complexity index is 806. The summed E-state index contributed by atoms with van der Waals surface area (Å²) in [4.78, 5) is 24.3. The summed E-state index contributed by atoms with van der Waals surface area (Å²) < 4.78 is 10.7. The smallest absolute Gasteiger partial charge is 0.251 e. The van der Waals surface area contributed by atoms with Crippen LogP contribution in [0.4, 0.5) is 11.4 Å². The van der Waals surface area contributed by atoms with Crippen LogP contribution in [0, 0.1) is 5.92 Å². The van der Waals surface area contributed by atoms with Crippen LogP contribution in [0.5, 0.6) is 5.75 Å². The molecule has 7 nitrogen and oxygen atoms in total. The largest absolute Gasteiger partial charge is 0.491 e. The molecule has 7 heteroatoms. The molecule has 3 N–H and O–H groups in total. The van der Waals surface area contributed by atoms with Gasteiger partial charge in [0, 0.05) is 31.5 Å². The minimum Gasteiger partial charge on any atom is -0.491 e. The number of hydrogen-bond acceptors (Lipinski definition) is 5. The number of nitrogens with one attached hydrogen (secondary N) is 3. The molecule has 0 bridgehead atoms. The molecule has 0 saturated carbocycles. The van der Waals surface area contributed by atoms with E-state index in [1.807, 2.05) is 24.3 Å². The van der Waals surface area contributed by atoms with Crippen LogP contribution in [0.1, 0.15) is 30.6 Å². The molecule has 0 aliphatic carbocycles. The van der Waals surface area contributed by atoms with Crippen LogP contribution in [-0.2, 0) is 9.53 Å². The van der Waals surface area contributed by atoms with Gasteiger partial charge in [0.1, 0.15) is 5.75 Å². The van der Waals surface area contributed by atoms with Crippen LogP contribution in [0.3, 0.4) is 0 Å². The summed E-state index contributed by atoms with van der Waals surface area (Å²) in [6, 6.07) is 14.3. The van der Waals surface area contributed by atoms with Crippen molar-refractivity contribution in [3.05, 3.63) is 54.1 Å². The lowest BCUT2D eigenvalue weighted by Crippen LogP contribution is -2.25. The Hall–Kier alpha value is -3.06. The highest BCUT2D eigenvalue weighted by Gasteiger charge is 2.08. The van der Waals surface area contributed by atoms with E-state index in [9.17, 15) is 9.59 Å². The predicted molar refractivity (Wildman–Crippen MR) is 119 cm³/mol. The van der Waals surface area contributed by atoms with Crippen molar-refractivity contribution in [1.82, 2.24) is 5.32 Å². The summed E-state index contributed by atoms with van der Waals surface area (Å²) in [5.74, 6) is 0.797.